The predicted octanol–water partition coefficient (Wildman–Crippen LogP) is 4.84. The number of fused-ring (bicyclic) bond motifs is 1. The van der Waals surface area contributed by atoms with E-state index in [-0.39, 0.29) is 17.5 Å². The van der Waals surface area contributed by atoms with Crippen LogP contribution in [0.5, 0.6) is 0 Å². The van der Waals surface area contributed by atoms with Crippen LogP contribution in [0.15, 0.2) is 23.2 Å². The van der Waals surface area contributed by atoms with Gasteiger partial charge in [-0.3, -0.25) is 19.7 Å². The summed E-state index contributed by atoms with van der Waals surface area (Å²) in [6, 6.07) is 4.32. The van der Waals surface area contributed by atoms with E-state index in [0.717, 1.165) is 50.1 Å². The normalized spacial score (nSPS) is 11.9. The Labute approximate surface area is 162 Å². The highest BCUT2D eigenvalue weighted by molar-refractivity contribution is 7.06. The quantitative estimate of drug-likeness (QED) is 0.347. The molecule has 2 aromatic rings. The molecular weight excluding hydrogens is 366 g/mol. The second kappa shape index (κ2) is 10.1. The monoisotopic (exact) mass is 391 g/mol. The second-order valence-corrected chi connectivity index (χ2v) is 7.40. The van der Waals surface area contributed by atoms with Gasteiger partial charge in [-0.25, -0.2) is 8.95 Å². The summed E-state index contributed by atoms with van der Waals surface area (Å²) in [6.45, 7) is 4.12. The minimum absolute atomic E-state index is 0.0767. The topological polar surface area (TPSA) is 94.6 Å². The molecule has 0 bridgehead atoms. The molecule has 1 aromatic heterocycles. The van der Waals surface area contributed by atoms with Crippen LogP contribution in [0.4, 0.5) is 5.69 Å². The van der Waals surface area contributed by atoms with Gasteiger partial charge in [0.15, 0.2) is 0 Å². The van der Waals surface area contributed by atoms with E-state index in [9.17, 15) is 19.7 Å². The predicted molar refractivity (Wildman–Crippen MR) is 106 cm³/mol. The highest BCUT2D eigenvalue weighted by Gasteiger charge is 2.16. The molecule has 7 nitrogen and oxygen atoms in total. The fraction of sp³-hybridized carbons (Fsp3) is 0.526. The van der Waals surface area contributed by atoms with Crippen molar-refractivity contribution in [3.63, 3.8) is 0 Å². The number of carbonyl (C=O) groups is 2. The average Bonchev–Trinajstić information content (AvgIpc) is 3.00. The van der Waals surface area contributed by atoms with Crippen LogP contribution in [0.3, 0.4) is 0 Å². The lowest BCUT2D eigenvalue weighted by Gasteiger charge is -2.02. The molecule has 0 fully saturated rings. The zero-order valence-corrected chi connectivity index (χ0v) is 16.6. The van der Waals surface area contributed by atoms with Crippen LogP contribution >= 0.6 is 11.5 Å². The van der Waals surface area contributed by atoms with Crippen molar-refractivity contribution < 1.29 is 14.5 Å². The van der Waals surface area contributed by atoms with Crippen LogP contribution in [0.1, 0.15) is 70.0 Å². The number of benzene rings is 1. The Balaban J connectivity index is 2.44. The Bertz CT molecular complexity index is 898. The minimum atomic E-state index is -0.489. The lowest BCUT2D eigenvalue weighted by molar-refractivity contribution is -0.384. The van der Waals surface area contributed by atoms with E-state index in [1.54, 1.807) is 6.07 Å². The maximum Gasteiger partial charge on any atom is 0.270 e. The van der Waals surface area contributed by atoms with E-state index in [4.69, 9.17) is 0 Å². The van der Waals surface area contributed by atoms with Crippen molar-refractivity contribution in [1.29, 1.82) is 0 Å². The molecule has 0 atom stereocenters. The van der Waals surface area contributed by atoms with E-state index in [2.05, 4.69) is 18.8 Å². The molecule has 1 amide bonds. The number of carbonyl (C=O) groups excluding carboxylic acids is 2. The Morgan fingerprint density at radius 2 is 1.78 bits per heavy atom. The Kier molecular flexibility index (Phi) is 7.84. The van der Waals surface area contributed by atoms with Crippen LogP contribution < -0.4 is 4.67 Å². The molecule has 0 aliphatic carbocycles. The fourth-order valence-electron chi connectivity index (χ4n) is 2.76. The highest BCUT2D eigenvalue weighted by atomic mass is 32.1. The molecule has 0 aliphatic rings. The van der Waals surface area contributed by atoms with Crippen molar-refractivity contribution in [2.45, 2.75) is 65.2 Å². The van der Waals surface area contributed by atoms with E-state index in [1.807, 2.05) is 0 Å². The molecule has 0 radical (unpaired) electrons. The van der Waals surface area contributed by atoms with Gasteiger partial charge in [0, 0.05) is 30.4 Å². The van der Waals surface area contributed by atoms with E-state index in [0.29, 0.717) is 28.4 Å². The lowest BCUT2D eigenvalue weighted by atomic mass is 10.2. The van der Waals surface area contributed by atoms with Gasteiger partial charge in [0.2, 0.25) is 11.8 Å². The summed E-state index contributed by atoms with van der Waals surface area (Å²) in [5.41, 5.74) is 0.480. The third-order valence-corrected chi connectivity index (χ3v) is 5.33. The van der Waals surface area contributed by atoms with Crippen molar-refractivity contribution >= 4 is 39.9 Å². The summed E-state index contributed by atoms with van der Waals surface area (Å²) in [6.07, 6.45) is 6.23. The summed E-state index contributed by atoms with van der Waals surface area (Å²) in [4.78, 5) is 39.5. The molecule has 1 heterocycles. The van der Waals surface area contributed by atoms with E-state index < -0.39 is 4.92 Å². The van der Waals surface area contributed by atoms with Gasteiger partial charge in [-0.05, 0) is 30.4 Å². The van der Waals surface area contributed by atoms with Gasteiger partial charge in [0.1, 0.15) is 4.67 Å². The Morgan fingerprint density at radius 1 is 1.11 bits per heavy atom. The highest BCUT2D eigenvalue weighted by Crippen LogP contribution is 2.22. The molecule has 0 spiro atoms. The Hall–Kier alpha value is -2.35. The fourth-order valence-corrected chi connectivity index (χ4v) is 3.79. The Morgan fingerprint density at radius 3 is 2.41 bits per heavy atom. The van der Waals surface area contributed by atoms with Crippen molar-refractivity contribution in [2.24, 2.45) is 4.99 Å². The molecule has 0 saturated heterocycles. The SMILES string of the molecule is CCCCCC(=O)N=c1sn(C(=O)CCCCC)c2ccc([N+](=O)[O-])cc12. The summed E-state index contributed by atoms with van der Waals surface area (Å²) in [5.74, 6) is -0.337. The third-order valence-electron chi connectivity index (χ3n) is 4.26. The molecule has 0 saturated carbocycles. The lowest BCUT2D eigenvalue weighted by Crippen LogP contribution is -2.07. The van der Waals surface area contributed by atoms with Gasteiger partial charge in [0.05, 0.1) is 10.4 Å². The largest absolute Gasteiger partial charge is 0.273 e. The maximum atomic E-state index is 12.6. The van der Waals surface area contributed by atoms with Gasteiger partial charge in [-0.1, -0.05) is 39.5 Å². The summed E-state index contributed by atoms with van der Waals surface area (Å²) in [5, 5.41) is 11.6. The molecule has 146 valence electrons. The van der Waals surface area contributed by atoms with Crippen LogP contribution in [-0.2, 0) is 4.79 Å². The van der Waals surface area contributed by atoms with Gasteiger partial charge < -0.3 is 0 Å². The summed E-state index contributed by atoms with van der Waals surface area (Å²) < 4.78 is 1.87. The zero-order chi connectivity index (χ0) is 19.8. The average molecular weight is 391 g/mol. The van der Waals surface area contributed by atoms with Crippen molar-refractivity contribution in [1.82, 2.24) is 3.96 Å². The number of aromatic nitrogens is 1. The number of unbranched alkanes of at least 4 members (excludes halogenated alkanes) is 4. The van der Waals surface area contributed by atoms with Crippen molar-refractivity contribution in [3.8, 4) is 0 Å². The van der Waals surface area contributed by atoms with E-state index >= 15 is 0 Å². The minimum Gasteiger partial charge on any atom is -0.273 e. The number of amides is 1. The van der Waals surface area contributed by atoms with Crippen LogP contribution in [0.2, 0.25) is 0 Å². The summed E-state index contributed by atoms with van der Waals surface area (Å²) in [7, 11) is 0. The van der Waals surface area contributed by atoms with Gasteiger partial charge in [0.25, 0.3) is 5.69 Å². The second-order valence-electron chi connectivity index (χ2n) is 6.46. The first kappa shape index (κ1) is 21.0. The number of hydrogen-bond acceptors (Lipinski definition) is 5. The molecule has 0 N–H and O–H groups in total. The molecule has 2 rings (SSSR count). The number of nitro groups is 1. The van der Waals surface area contributed by atoms with Crippen molar-refractivity contribution in [2.75, 3.05) is 0 Å². The third kappa shape index (κ3) is 5.56. The number of non-ortho nitro benzene ring substituents is 1. The van der Waals surface area contributed by atoms with Crippen LogP contribution in [0.25, 0.3) is 10.9 Å². The summed E-state index contributed by atoms with van der Waals surface area (Å²) >= 11 is 1.08. The molecular formula is C19H25N3O4S. The zero-order valence-electron chi connectivity index (χ0n) is 15.8. The number of hydrogen-bond donors (Lipinski definition) is 0. The first-order valence-corrected chi connectivity index (χ1v) is 10.2. The van der Waals surface area contributed by atoms with Gasteiger partial charge in [-0.2, -0.15) is 0 Å². The van der Waals surface area contributed by atoms with E-state index in [1.165, 1.54) is 16.1 Å². The molecule has 1 aromatic carbocycles. The molecule has 0 unspecified atom stereocenters. The molecule has 8 heteroatoms. The smallest absolute Gasteiger partial charge is 0.270 e. The maximum absolute atomic E-state index is 12.6. The standard InChI is InChI=1S/C19H25N3O4S/c1-3-5-7-9-17(23)20-19-15-13-14(22(25)26)11-12-16(15)21(27-19)18(24)10-8-6-4-2/h11-13H,3-10H2,1-2H3. The number of nitro benzene ring substituents is 1. The first-order valence-electron chi connectivity index (χ1n) is 9.39. The van der Waals surface area contributed by atoms with Gasteiger partial charge >= 0.3 is 0 Å². The van der Waals surface area contributed by atoms with Crippen LogP contribution in [0, 0.1) is 10.1 Å². The molecule has 27 heavy (non-hydrogen) atoms. The number of rotatable bonds is 9. The van der Waals surface area contributed by atoms with Crippen LogP contribution in [-0.4, -0.2) is 20.7 Å². The van der Waals surface area contributed by atoms with Gasteiger partial charge in [-0.15, -0.1) is 0 Å². The van der Waals surface area contributed by atoms with Crippen molar-refractivity contribution in [3.05, 3.63) is 33.0 Å². The first-order chi connectivity index (χ1) is 13.0. The molecule has 0 aliphatic heterocycles. The number of nitrogens with zero attached hydrogens (tertiary/aromatic N) is 3.